The van der Waals surface area contributed by atoms with E-state index in [1.54, 1.807) is 0 Å². The van der Waals surface area contributed by atoms with Crippen molar-refractivity contribution in [2.24, 2.45) is 11.1 Å². The van der Waals surface area contributed by atoms with Crippen LogP contribution in [0.3, 0.4) is 0 Å². The average molecular weight is 292 g/mol. The van der Waals surface area contributed by atoms with Crippen LogP contribution in [0.2, 0.25) is 0 Å². The van der Waals surface area contributed by atoms with Crippen LogP contribution in [0.4, 0.5) is 0 Å². The second kappa shape index (κ2) is 6.89. The van der Waals surface area contributed by atoms with E-state index < -0.39 is 0 Å². The normalized spacial score (nSPS) is 12.6. The van der Waals surface area contributed by atoms with Gasteiger partial charge in [0.05, 0.1) is 0 Å². The molecule has 0 saturated carbocycles. The van der Waals surface area contributed by atoms with Crippen LogP contribution in [-0.4, -0.2) is 11.7 Å². The van der Waals surface area contributed by atoms with Crippen molar-refractivity contribution in [2.45, 2.75) is 19.9 Å². The predicted molar refractivity (Wildman–Crippen MR) is 86.9 cm³/mol. The Kier molecular flexibility index (Phi) is 5.75. The zero-order chi connectivity index (χ0) is 13.9. The molecule has 0 unspecified atom stereocenters. The third kappa shape index (κ3) is 3.60. The molecule has 3 heteroatoms. The van der Waals surface area contributed by atoms with Crippen molar-refractivity contribution in [1.29, 1.82) is 0 Å². The third-order valence-electron chi connectivity index (χ3n) is 3.60. The molecule has 1 atom stereocenters. The van der Waals surface area contributed by atoms with Gasteiger partial charge in [-0.05, 0) is 22.8 Å². The summed E-state index contributed by atoms with van der Waals surface area (Å²) < 4.78 is 0. The van der Waals surface area contributed by atoms with E-state index in [1.807, 2.05) is 44.2 Å². The molecule has 0 aliphatic carbocycles. The average Bonchev–Trinajstić information content (AvgIpc) is 2.47. The van der Waals surface area contributed by atoms with Gasteiger partial charge in [-0.2, -0.15) is 0 Å². The van der Waals surface area contributed by atoms with E-state index in [9.17, 15) is 5.11 Å². The van der Waals surface area contributed by atoms with Crippen LogP contribution in [0.15, 0.2) is 54.6 Å². The van der Waals surface area contributed by atoms with Gasteiger partial charge in [0, 0.05) is 18.1 Å². The molecule has 0 aromatic heterocycles. The minimum atomic E-state index is -0.324. The first-order valence-electron chi connectivity index (χ1n) is 6.56. The van der Waals surface area contributed by atoms with Gasteiger partial charge in [0.25, 0.3) is 0 Å². The highest BCUT2D eigenvalue weighted by Crippen LogP contribution is 2.32. The molecule has 0 bridgehead atoms. The fraction of sp³-hybridized carbons (Fsp3) is 0.294. The molecular weight excluding hydrogens is 270 g/mol. The van der Waals surface area contributed by atoms with E-state index >= 15 is 0 Å². The fourth-order valence-electron chi connectivity index (χ4n) is 2.09. The number of aliphatic hydroxyl groups excluding tert-OH is 1. The number of hydrogen-bond donors (Lipinski definition) is 2. The number of rotatable bonds is 4. The van der Waals surface area contributed by atoms with Crippen LogP contribution < -0.4 is 5.73 Å². The summed E-state index contributed by atoms with van der Waals surface area (Å²) in [7, 11) is 0. The number of hydrogen-bond acceptors (Lipinski definition) is 2. The first-order valence-corrected chi connectivity index (χ1v) is 6.56. The first kappa shape index (κ1) is 16.7. The number of halogens is 1. The Labute approximate surface area is 127 Å². The monoisotopic (exact) mass is 291 g/mol. The molecule has 0 heterocycles. The maximum Gasteiger partial charge on any atom is 0.0500 e. The van der Waals surface area contributed by atoms with Gasteiger partial charge in [-0.15, -0.1) is 12.4 Å². The minimum Gasteiger partial charge on any atom is -0.396 e. The van der Waals surface area contributed by atoms with Crippen molar-refractivity contribution >= 4 is 12.4 Å². The highest BCUT2D eigenvalue weighted by molar-refractivity contribution is 5.85. The zero-order valence-electron chi connectivity index (χ0n) is 11.9. The molecule has 3 N–H and O–H groups in total. The lowest BCUT2D eigenvalue weighted by molar-refractivity contribution is 0.132. The van der Waals surface area contributed by atoms with Gasteiger partial charge in [-0.3, -0.25) is 0 Å². The van der Waals surface area contributed by atoms with Crippen LogP contribution in [0, 0.1) is 5.41 Å². The van der Waals surface area contributed by atoms with Gasteiger partial charge in [0.15, 0.2) is 0 Å². The van der Waals surface area contributed by atoms with Crippen LogP contribution >= 0.6 is 12.4 Å². The number of benzene rings is 2. The van der Waals surface area contributed by atoms with Gasteiger partial charge in [0.2, 0.25) is 0 Å². The second-order valence-corrected chi connectivity index (χ2v) is 5.62. The lowest BCUT2D eigenvalue weighted by Crippen LogP contribution is -2.32. The third-order valence-corrected chi connectivity index (χ3v) is 3.60. The molecule has 0 amide bonds. The van der Waals surface area contributed by atoms with E-state index in [-0.39, 0.29) is 30.5 Å². The summed E-state index contributed by atoms with van der Waals surface area (Å²) in [5.41, 5.74) is 9.34. The highest BCUT2D eigenvalue weighted by Gasteiger charge is 2.26. The molecule has 0 aliphatic rings. The van der Waals surface area contributed by atoms with Crippen molar-refractivity contribution < 1.29 is 5.11 Å². The van der Waals surface area contributed by atoms with Crippen molar-refractivity contribution in [1.82, 2.24) is 0 Å². The molecule has 0 aliphatic heterocycles. The summed E-state index contributed by atoms with van der Waals surface area (Å²) in [5, 5.41) is 9.43. The van der Waals surface area contributed by atoms with Gasteiger partial charge >= 0.3 is 0 Å². The lowest BCUT2D eigenvalue weighted by atomic mass is 9.81. The smallest absolute Gasteiger partial charge is 0.0500 e. The second-order valence-electron chi connectivity index (χ2n) is 5.62. The summed E-state index contributed by atoms with van der Waals surface area (Å²) in [6, 6.07) is 18.3. The summed E-state index contributed by atoms with van der Waals surface area (Å²) >= 11 is 0. The molecule has 2 aromatic carbocycles. The molecule has 0 saturated heterocycles. The molecule has 0 radical (unpaired) electrons. The molecular formula is C17H22ClNO. The molecule has 0 spiro atoms. The topological polar surface area (TPSA) is 46.2 Å². The van der Waals surface area contributed by atoms with Gasteiger partial charge in [-0.1, -0.05) is 62.4 Å². The Morgan fingerprint density at radius 3 is 2.20 bits per heavy atom. The van der Waals surface area contributed by atoms with Gasteiger partial charge < -0.3 is 10.8 Å². The van der Waals surface area contributed by atoms with Crippen LogP contribution in [0.1, 0.15) is 25.5 Å². The summed E-state index contributed by atoms with van der Waals surface area (Å²) in [6.45, 7) is 4.03. The Morgan fingerprint density at radius 1 is 1.00 bits per heavy atom. The molecule has 2 aromatic rings. The maximum absolute atomic E-state index is 9.43. The summed E-state index contributed by atoms with van der Waals surface area (Å²) in [5.74, 6) is 0. The molecule has 2 nitrogen and oxygen atoms in total. The van der Waals surface area contributed by atoms with Crippen LogP contribution in [-0.2, 0) is 0 Å². The van der Waals surface area contributed by atoms with E-state index in [1.165, 1.54) is 5.56 Å². The largest absolute Gasteiger partial charge is 0.396 e. The Morgan fingerprint density at radius 2 is 1.60 bits per heavy atom. The van der Waals surface area contributed by atoms with E-state index in [0.29, 0.717) is 0 Å². The SMILES string of the molecule is CC(C)(CO)[C@@H](N)c1cccc(-c2ccccc2)c1.Cl. The first-order chi connectivity index (χ1) is 9.04. The van der Waals surface area contributed by atoms with Crippen LogP contribution in [0.5, 0.6) is 0 Å². The summed E-state index contributed by atoms with van der Waals surface area (Å²) in [4.78, 5) is 0. The van der Waals surface area contributed by atoms with Gasteiger partial charge in [0.1, 0.15) is 0 Å². The highest BCUT2D eigenvalue weighted by atomic mass is 35.5. The van der Waals surface area contributed by atoms with E-state index in [2.05, 4.69) is 24.3 Å². The predicted octanol–water partition coefficient (Wildman–Crippen LogP) is 3.79. The van der Waals surface area contributed by atoms with Crippen molar-refractivity contribution in [3.05, 3.63) is 60.2 Å². The quantitative estimate of drug-likeness (QED) is 0.900. The van der Waals surface area contributed by atoms with E-state index in [4.69, 9.17) is 5.73 Å². The zero-order valence-corrected chi connectivity index (χ0v) is 12.7. The summed E-state index contributed by atoms with van der Waals surface area (Å²) in [6.07, 6.45) is 0. The van der Waals surface area contributed by atoms with Crippen molar-refractivity contribution in [3.8, 4) is 11.1 Å². The lowest BCUT2D eigenvalue weighted by Gasteiger charge is -2.30. The van der Waals surface area contributed by atoms with E-state index in [0.717, 1.165) is 11.1 Å². The molecule has 2 rings (SSSR count). The Balaban J connectivity index is 0.00000200. The number of aliphatic hydroxyl groups is 1. The molecule has 108 valence electrons. The fourth-order valence-corrected chi connectivity index (χ4v) is 2.09. The Bertz CT molecular complexity index is 540. The number of nitrogens with two attached hydrogens (primary N) is 1. The molecule has 20 heavy (non-hydrogen) atoms. The standard InChI is InChI=1S/C17H21NO.ClH/c1-17(2,12-19)16(18)15-10-6-9-14(11-15)13-7-4-3-5-8-13;/h3-11,16,19H,12,18H2,1-2H3;1H/t16-;/m0./s1. The van der Waals surface area contributed by atoms with Crippen molar-refractivity contribution in [2.75, 3.05) is 6.61 Å². The van der Waals surface area contributed by atoms with Crippen molar-refractivity contribution in [3.63, 3.8) is 0 Å². The maximum atomic E-state index is 9.43. The minimum absolute atomic E-state index is 0. The molecule has 0 fully saturated rings. The van der Waals surface area contributed by atoms with Crippen LogP contribution in [0.25, 0.3) is 11.1 Å². The van der Waals surface area contributed by atoms with Gasteiger partial charge in [-0.25, -0.2) is 0 Å². The Hall–Kier alpha value is -1.35.